The van der Waals surface area contributed by atoms with E-state index in [1.807, 2.05) is 12.1 Å². The summed E-state index contributed by atoms with van der Waals surface area (Å²) in [7, 11) is 0. The molecule has 0 spiro atoms. The second-order valence-corrected chi connectivity index (χ2v) is 8.33. The van der Waals surface area contributed by atoms with E-state index < -0.39 is 6.04 Å². The first kappa shape index (κ1) is 23.4. The van der Waals surface area contributed by atoms with Crippen molar-refractivity contribution in [3.63, 3.8) is 0 Å². The highest BCUT2D eigenvalue weighted by molar-refractivity contribution is 6.30. The summed E-state index contributed by atoms with van der Waals surface area (Å²) in [5.41, 5.74) is 2.24. The molecule has 0 bridgehead atoms. The minimum absolute atomic E-state index is 0.306. The average molecular weight is 476 g/mol. The molecular formula is C27H23ClFN3O2. The number of pyridine rings is 1. The predicted octanol–water partition coefficient (Wildman–Crippen LogP) is 5.48. The van der Waals surface area contributed by atoms with Gasteiger partial charge in [-0.25, -0.2) is 4.39 Å². The first-order valence-corrected chi connectivity index (χ1v) is 11.3. The Labute approximate surface area is 202 Å². The van der Waals surface area contributed by atoms with Crippen molar-refractivity contribution in [2.75, 3.05) is 11.4 Å². The maximum atomic E-state index is 13.6. The van der Waals surface area contributed by atoms with Gasteiger partial charge >= 0.3 is 0 Å². The van der Waals surface area contributed by atoms with Crippen molar-refractivity contribution in [3.05, 3.63) is 107 Å². The summed E-state index contributed by atoms with van der Waals surface area (Å²) in [6.45, 7) is 0.446. The summed E-state index contributed by atoms with van der Waals surface area (Å²) in [6.07, 6.45) is 5.67. The maximum Gasteiger partial charge on any atom is 0.247 e. The second-order valence-electron chi connectivity index (χ2n) is 7.90. The second kappa shape index (κ2) is 10.9. The number of halogens is 2. The van der Waals surface area contributed by atoms with Crippen molar-refractivity contribution < 1.29 is 14.0 Å². The van der Waals surface area contributed by atoms with E-state index in [1.165, 1.54) is 17.0 Å². The molecule has 0 aliphatic rings. The van der Waals surface area contributed by atoms with Gasteiger partial charge in [0.1, 0.15) is 11.9 Å². The number of rotatable bonds is 9. The molecule has 0 saturated carbocycles. The number of anilines is 1. The van der Waals surface area contributed by atoms with E-state index in [0.29, 0.717) is 34.6 Å². The van der Waals surface area contributed by atoms with Gasteiger partial charge in [0.15, 0.2) is 0 Å². The van der Waals surface area contributed by atoms with Crippen molar-refractivity contribution in [3.8, 4) is 0 Å². The molecule has 0 saturated heterocycles. The third kappa shape index (κ3) is 5.58. The molecule has 4 rings (SSSR count). The van der Waals surface area contributed by atoms with Gasteiger partial charge < -0.3 is 5.32 Å². The third-order valence-electron chi connectivity index (χ3n) is 5.57. The molecule has 1 heterocycles. The number of carbonyl (C=O) groups is 2. The zero-order valence-electron chi connectivity index (χ0n) is 18.3. The molecule has 0 aliphatic carbocycles. The first-order valence-electron chi connectivity index (χ1n) is 10.9. The molecule has 7 heteroatoms. The van der Waals surface area contributed by atoms with Crippen LogP contribution in [0.25, 0.3) is 10.8 Å². The van der Waals surface area contributed by atoms with Crippen molar-refractivity contribution in [1.82, 2.24) is 10.3 Å². The fraction of sp³-hybridized carbons (Fsp3) is 0.148. The van der Waals surface area contributed by atoms with E-state index in [4.69, 9.17) is 11.6 Å². The van der Waals surface area contributed by atoms with E-state index in [2.05, 4.69) is 10.3 Å². The predicted molar refractivity (Wildman–Crippen MR) is 132 cm³/mol. The molecule has 1 aromatic heterocycles. The summed E-state index contributed by atoms with van der Waals surface area (Å²) in [6, 6.07) is 19.4. The van der Waals surface area contributed by atoms with Crippen LogP contribution in [-0.4, -0.2) is 23.8 Å². The van der Waals surface area contributed by atoms with Crippen LogP contribution in [0.15, 0.2) is 85.2 Å². The number of amides is 2. The Morgan fingerprint density at radius 2 is 1.82 bits per heavy atom. The standard InChI is InChI=1S/C27H23ClFN3O2/c28-23-9-5-20(6-10-23)26(27(34)31-14-2-4-19-3-1-13-30-17-19)32(18-33)25-12-8-21-15-24(29)11-7-22(21)16-25/h1,3,5-13,15-18,26H,2,4,14H2,(H,31,34)/t26-/m0/s1. The average Bonchev–Trinajstić information content (AvgIpc) is 2.86. The number of carbonyl (C=O) groups excluding carboxylic acids is 2. The number of aromatic nitrogens is 1. The number of fused-ring (bicyclic) bond motifs is 1. The SMILES string of the molecule is O=CN(c1ccc2cc(F)ccc2c1)[C@H](C(=O)NCCCc1cccnc1)c1ccc(Cl)cc1. The highest BCUT2D eigenvalue weighted by atomic mass is 35.5. The highest BCUT2D eigenvalue weighted by Gasteiger charge is 2.28. The zero-order chi connectivity index (χ0) is 23.9. The van der Waals surface area contributed by atoms with Crippen molar-refractivity contribution in [1.29, 1.82) is 0 Å². The normalized spacial score (nSPS) is 11.7. The Balaban J connectivity index is 1.57. The molecule has 0 radical (unpaired) electrons. The van der Waals surface area contributed by atoms with Crippen LogP contribution in [0, 0.1) is 5.82 Å². The van der Waals surface area contributed by atoms with E-state index in [9.17, 15) is 14.0 Å². The minimum Gasteiger partial charge on any atom is -0.354 e. The number of nitrogens with zero attached hydrogens (tertiary/aromatic N) is 2. The lowest BCUT2D eigenvalue weighted by atomic mass is 10.0. The summed E-state index contributed by atoms with van der Waals surface area (Å²) < 4.78 is 13.6. The molecule has 2 amide bonds. The van der Waals surface area contributed by atoms with Crippen LogP contribution >= 0.6 is 11.6 Å². The van der Waals surface area contributed by atoms with Crippen molar-refractivity contribution >= 4 is 40.4 Å². The van der Waals surface area contributed by atoms with Crippen LogP contribution in [-0.2, 0) is 16.0 Å². The molecule has 34 heavy (non-hydrogen) atoms. The number of hydrogen-bond acceptors (Lipinski definition) is 3. The van der Waals surface area contributed by atoms with Gasteiger partial charge in [0.2, 0.25) is 12.3 Å². The maximum absolute atomic E-state index is 13.6. The van der Waals surface area contributed by atoms with Gasteiger partial charge in [-0.15, -0.1) is 0 Å². The lowest BCUT2D eigenvalue weighted by Gasteiger charge is -2.28. The Hall–Kier alpha value is -3.77. The molecule has 4 aromatic rings. The molecule has 0 unspecified atom stereocenters. The van der Waals surface area contributed by atoms with Gasteiger partial charge in [-0.1, -0.05) is 41.9 Å². The van der Waals surface area contributed by atoms with Gasteiger partial charge in [0.05, 0.1) is 0 Å². The Bertz CT molecular complexity index is 1280. The van der Waals surface area contributed by atoms with E-state index >= 15 is 0 Å². The van der Waals surface area contributed by atoms with E-state index in [-0.39, 0.29) is 11.7 Å². The van der Waals surface area contributed by atoms with Gasteiger partial charge in [-0.2, -0.15) is 0 Å². The number of benzene rings is 3. The van der Waals surface area contributed by atoms with Crippen LogP contribution in [0.1, 0.15) is 23.6 Å². The number of hydrogen-bond donors (Lipinski definition) is 1. The molecule has 172 valence electrons. The van der Waals surface area contributed by atoms with E-state index in [1.54, 1.807) is 60.9 Å². The van der Waals surface area contributed by atoms with Crippen LogP contribution in [0.4, 0.5) is 10.1 Å². The minimum atomic E-state index is -0.897. The summed E-state index contributed by atoms with van der Waals surface area (Å²) in [4.78, 5) is 31.0. The van der Waals surface area contributed by atoms with Gasteiger partial charge in [-0.05, 0) is 77.2 Å². The quantitative estimate of drug-likeness (QED) is 0.257. The first-order chi connectivity index (χ1) is 16.5. The van der Waals surface area contributed by atoms with Crippen LogP contribution < -0.4 is 10.2 Å². The highest BCUT2D eigenvalue weighted by Crippen LogP contribution is 2.30. The van der Waals surface area contributed by atoms with Gasteiger partial charge in [0.25, 0.3) is 0 Å². The topological polar surface area (TPSA) is 62.3 Å². The lowest BCUT2D eigenvalue weighted by Crippen LogP contribution is -2.40. The Morgan fingerprint density at radius 3 is 2.56 bits per heavy atom. The van der Waals surface area contributed by atoms with Crippen LogP contribution in [0.5, 0.6) is 0 Å². The van der Waals surface area contributed by atoms with E-state index in [0.717, 1.165) is 23.8 Å². The number of nitrogens with one attached hydrogen (secondary N) is 1. The fourth-order valence-corrected chi connectivity index (χ4v) is 3.99. The van der Waals surface area contributed by atoms with Crippen LogP contribution in [0.3, 0.4) is 0 Å². The molecule has 1 N–H and O–H groups in total. The fourth-order valence-electron chi connectivity index (χ4n) is 3.87. The molecule has 0 fully saturated rings. The lowest BCUT2D eigenvalue weighted by molar-refractivity contribution is -0.124. The van der Waals surface area contributed by atoms with Crippen molar-refractivity contribution in [2.24, 2.45) is 0 Å². The Morgan fingerprint density at radius 1 is 1.06 bits per heavy atom. The van der Waals surface area contributed by atoms with Crippen LogP contribution in [0.2, 0.25) is 5.02 Å². The zero-order valence-corrected chi connectivity index (χ0v) is 19.1. The van der Waals surface area contributed by atoms with Gasteiger partial charge in [-0.3, -0.25) is 19.5 Å². The molecule has 3 aromatic carbocycles. The Kier molecular flexibility index (Phi) is 7.50. The summed E-state index contributed by atoms with van der Waals surface area (Å²) in [5, 5.41) is 4.95. The monoisotopic (exact) mass is 475 g/mol. The number of aryl methyl sites for hydroxylation is 1. The summed E-state index contributed by atoms with van der Waals surface area (Å²) in [5.74, 6) is -0.642. The third-order valence-corrected chi connectivity index (χ3v) is 5.83. The molecule has 0 aliphatic heterocycles. The smallest absolute Gasteiger partial charge is 0.247 e. The van der Waals surface area contributed by atoms with Crippen molar-refractivity contribution in [2.45, 2.75) is 18.9 Å². The summed E-state index contributed by atoms with van der Waals surface area (Å²) >= 11 is 6.05. The van der Waals surface area contributed by atoms with Gasteiger partial charge in [0, 0.05) is 29.6 Å². The molecule has 1 atom stereocenters. The molecular weight excluding hydrogens is 453 g/mol. The molecule has 5 nitrogen and oxygen atoms in total. The largest absolute Gasteiger partial charge is 0.354 e.